The Balaban J connectivity index is 2.66. The molecule has 0 fully saturated rings. The molecule has 0 saturated heterocycles. The predicted octanol–water partition coefficient (Wildman–Crippen LogP) is 3.61. The lowest BCUT2D eigenvalue weighted by Crippen LogP contribution is -2.08. The zero-order chi connectivity index (χ0) is 13.2. The van der Waals surface area contributed by atoms with Crippen molar-refractivity contribution in [2.45, 2.75) is 18.2 Å². The van der Waals surface area contributed by atoms with Gasteiger partial charge in [0, 0.05) is 5.39 Å². The third-order valence-corrected chi connectivity index (χ3v) is 4.37. The highest BCUT2D eigenvalue weighted by atomic mass is 35.5. The molecule has 0 N–H and O–H groups in total. The lowest BCUT2D eigenvalue weighted by Gasteiger charge is -2.09. The van der Waals surface area contributed by atoms with Gasteiger partial charge < -0.3 is 0 Å². The number of hydrogen-bond acceptors (Lipinski definition) is 3. The van der Waals surface area contributed by atoms with Gasteiger partial charge in [-0.1, -0.05) is 48.9 Å². The SMILES string of the molecule is CCCOS(=O)(=O)c1c(Cl)ccc2ccccc12. The van der Waals surface area contributed by atoms with Gasteiger partial charge in [-0.3, -0.25) is 4.18 Å². The number of fused-ring (bicyclic) bond motifs is 1. The third kappa shape index (κ3) is 2.51. The van der Waals surface area contributed by atoms with Crippen LogP contribution in [0.1, 0.15) is 13.3 Å². The Morgan fingerprint density at radius 2 is 1.89 bits per heavy atom. The van der Waals surface area contributed by atoms with Gasteiger partial charge in [0.15, 0.2) is 0 Å². The number of halogens is 1. The highest BCUT2D eigenvalue weighted by molar-refractivity contribution is 7.87. The molecule has 0 radical (unpaired) electrons. The molecule has 18 heavy (non-hydrogen) atoms. The average Bonchev–Trinajstić information content (AvgIpc) is 2.36. The molecular weight excluding hydrogens is 272 g/mol. The minimum atomic E-state index is -3.81. The van der Waals surface area contributed by atoms with Crippen molar-refractivity contribution in [1.29, 1.82) is 0 Å². The van der Waals surface area contributed by atoms with E-state index in [0.29, 0.717) is 11.8 Å². The first-order valence-electron chi connectivity index (χ1n) is 5.63. The van der Waals surface area contributed by atoms with Crippen molar-refractivity contribution in [3.8, 4) is 0 Å². The molecule has 0 unspecified atom stereocenters. The van der Waals surface area contributed by atoms with Crippen molar-refractivity contribution < 1.29 is 12.6 Å². The Hall–Kier alpha value is -1.10. The van der Waals surface area contributed by atoms with Gasteiger partial charge in [0.05, 0.1) is 11.6 Å². The minimum absolute atomic E-state index is 0.0516. The third-order valence-electron chi connectivity index (χ3n) is 2.52. The topological polar surface area (TPSA) is 43.4 Å². The Bertz CT molecular complexity index is 665. The van der Waals surface area contributed by atoms with Gasteiger partial charge in [-0.2, -0.15) is 8.42 Å². The molecule has 0 aromatic heterocycles. The molecule has 0 atom stereocenters. The maximum atomic E-state index is 12.1. The molecule has 96 valence electrons. The molecule has 3 nitrogen and oxygen atoms in total. The molecule has 0 heterocycles. The summed E-state index contributed by atoms with van der Waals surface area (Å²) in [7, 11) is -3.81. The Morgan fingerprint density at radius 3 is 2.61 bits per heavy atom. The molecule has 0 aliphatic carbocycles. The molecule has 0 aliphatic rings. The summed E-state index contributed by atoms with van der Waals surface area (Å²) in [6, 6.07) is 10.5. The van der Waals surface area contributed by atoms with E-state index in [0.717, 1.165) is 5.39 Å². The van der Waals surface area contributed by atoms with E-state index < -0.39 is 10.1 Å². The first kappa shape index (κ1) is 13.3. The van der Waals surface area contributed by atoms with Crippen molar-refractivity contribution >= 4 is 32.5 Å². The fourth-order valence-electron chi connectivity index (χ4n) is 1.72. The van der Waals surface area contributed by atoms with Gasteiger partial charge in [0.2, 0.25) is 0 Å². The molecule has 0 spiro atoms. The molecule has 5 heteroatoms. The van der Waals surface area contributed by atoms with Crippen LogP contribution in [-0.4, -0.2) is 15.0 Å². The maximum Gasteiger partial charge on any atom is 0.299 e. The maximum absolute atomic E-state index is 12.1. The summed E-state index contributed by atoms with van der Waals surface area (Å²) in [6.45, 7) is 2.00. The smallest absolute Gasteiger partial charge is 0.266 e. The van der Waals surface area contributed by atoms with Crippen molar-refractivity contribution in [2.24, 2.45) is 0 Å². The Morgan fingerprint density at radius 1 is 1.17 bits per heavy atom. The summed E-state index contributed by atoms with van der Waals surface area (Å²) < 4.78 is 29.2. The van der Waals surface area contributed by atoms with Crippen molar-refractivity contribution in [3.05, 3.63) is 41.4 Å². The Kier molecular flexibility index (Phi) is 3.90. The standard InChI is InChI=1S/C13H13ClO3S/c1-2-9-17-18(15,16)13-11-6-4-3-5-10(11)7-8-12(13)14/h3-8H,2,9H2,1H3. The molecule has 2 aromatic rings. The zero-order valence-corrected chi connectivity index (χ0v) is 11.5. The summed E-state index contributed by atoms with van der Waals surface area (Å²) >= 11 is 6.01. The van der Waals surface area contributed by atoms with Crippen LogP contribution < -0.4 is 0 Å². The fourth-order valence-corrected chi connectivity index (χ4v) is 3.44. The first-order valence-corrected chi connectivity index (χ1v) is 7.41. The van der Waals surface area contributed by atoms with E-state index >= 15 is 0 Å². The largest absolute Gasteiger partial charge is 0.299 e. The zero-order valence-electron chi connectivity index (χ0n) is 9.89. The molecule has 2 rings (SSSR count). The second-order valence-electron chi connectivity index (χ2n) is 3.87. The lowest BCUT2D eigenvalue weighted by molar-refractivity contribution is 0.318. The van der Waals surface area contributed by atoms with Gasteiger partial charge in [0.1, 0.15) is 4.90 Å². The van der Waals surface area contributed by atoms with Gasteiger partial charge in [-0.25, -0.2) is 0 Å². The summed E-state index contributed by atoms with van der Waals surface area (Å²) in [5.41, 5.74) is 0. The van der Waals surface area contributed by atoms with Crippen LogP contribution in [0.25, 0.3) is 10.8 Å². The van der Waals surface area contributed by atoms with Crippen molar-refractivity contribution in [1.82, 2.24) is 0 Å². The molecule has 2 aromatic carbocycles. The monoisotopic (exact) mass is 284 g/mol. The molecule has 0 amide bonds. The first-order chi connectivity index (χ1) is 8.56. The molecular formula is C13H13ClO3S. The van der Waals surface area contributed by atoms with E-state index in [2.05, 4.69) is 0 Å². The summed E-state index contributed by atoms with van der Waals surface area (Å²) in [4.78, 5) is 0.0516. The molecule has 0 aliphatic heterocycles. The van der Waals surface area contributed by atoms with Crippen LogP contribution in [0.3, 0.4) is 0 Å². The van der Waals surface area contributed by atoms with E-state index in [1.807, 2.05) is 19.1 Å². The van der Waals surface area contributed by atoms with Gasteiger partial charge in [-0.15, -0.1) is 0 Å². The van der Waals surface area contributed by atoms with Crippen LogP contribution in [0.2, 0.25) is 5.02 Å². The van der Waals surface area contributed by atoms with Gasteiger partial charge in [-0.05, 0) is 17.9 Å². The molecule has 0 saturated carbocycles. The van der Waals surface area contributed by atoms with Crippen LogP contribution in [0.5, 0.6) is 0 Å². The van der Waals surface area contributed by atoms with Crippen molar-refractivity contribution in [3.63, 3.8) is 0 Å². The van der Waals surface area contributed by atoms with E-state index in [9.17, 15) is 8.42 Å². The van der Waals surface area contributed by atoms with Crippen LogP contribution >= 0.6 is 11.6 Å². The van der Waals surface area contributed by atoms with Gasteiger partial charge >= 0.3 is 0 Å². The normalized spacial score (nSPS) is 11.9. The lowest BCUT2D eigenvalue weighted by atomic mass is 10.1. The van der Waals surface area contributed by atoms with E-state index in [1.165, 1.54) is 0 Å². The second kappa shape index (κ2) is 5.26. The number of rotatable bonds is 4. The van der Waals surface area contributed by atoms with E-state index in [1.54, 1.807) is 24.3 Å². The van der Waals surface area contributed by atoms with Crippen LogP contribution in [0, 0.1) is 0 Å². The highest BCUT2D eigenvalue weighted by Crippen LogP contribution is 2.31. The average molecular weight is 285 g/mol. The van der Waals surface area contributed by atoms with Crippen LogP contribution in [0.15, 0.2) is 41.3 Å². The molecule has 0 bridgehead atoms. The van der Waals surface area contributed by atoms with Crippen LogP contribution in [-0.2, 0) is 14.3 Å². The van der Waals surface area contributed by atoms with E-state index in [4.69, 9.17) is 15.8 Å². The summed E-state index contributed by atoms with van der Waals surface area (Å²) in [5, 5.41) is 1.59. The summed E-state index contributed by atoms with van der Waals surface area (Å²) in [5.74, 6) is 0. The van der Waals surface area contributed by atoms with Crippen LogP contribution in [0.4, 0.5) is 0 Å². The predicted molar refractivity (Wildman–Crippen MR) is 72.4 cm³/mol. The summed E-state index contributed by atoms with van der Waals surface area (Å²) in [6.07, 6.45) is 0.627. The van der Waals surface area contributed by atoms with Crippen molar-refractivity contribution in [2.75, 3.05) is 6.61 Å². The minimum Gasteiger partial charge on any atom is -0.266 e. The second-order valence-corrected chi connectivity index (χ2v) is 5.83. The quantitative estimate of drug-likeness (QED) is 0.806. The highest BCUT2D eigenvalue weighted by Gasteiger charge is 2.21. The van der Waals surface area contributed by atoms with Gasteiger partial charge in [0.25, 0.3) is 10.1 Å². The van der Waals surface area contributed by atoms with E-state index in [-0.39, 0.29) is 16.5 Å². The Labute approximate surface area is 111 Å². The number of hydrogen-bond donors (Lipinski definition) is 0. The number of benzene rings is 2. The fraction of sp³-hybridized carbons (Fsp3) is 0.231.